The van der Waals surface area contributed by atoms with Crippen LogP contribution in [-0.4, -0.2) is 99.8 Å². The third-order valence-corrected chi connectivity index (χ3v) is 14.6. The van der Waals surface area contributed by atoms with E-state index >= 15 is 0 Å². The summed E-state index contributed by atoms with van der Waals surface area (Å²) in [5.74, 6) is -12.8. The molecule has 0 spiro atoms. The molecule has 0 saturated heterocycles. The van der Waals surface area contributed by atoms with Crippen LogP contribution in [0.3, 0.4) is 0 Å². The molecule has 0 heterocycles. The number of ether oxygens (including phenoxy) is 2. The number of carbonyl (C=O) groups excluding carboxylic acids is 1. The summed E-state index contributed by atoms with van der Waals surface area (Å²) in [4.78, 5) is 11.9. The van der Waals surface area contributed by atoms with Gasteiger partial charge in [0, 0.05) is 6.42 Å². The van der Waals surface area contributed by atoms with Gasteiger partial charge < -0.3 is 18.3 Å². The first kappa shape index (κ1) is 50.8. The zero-order valence-corrected chi connectivity index (χ0v) is 32.4. The molecule has 0 aromatic carbocycles. The lowest BCUT2D eigenvalue weighted by Crippen LogP contribution is -2.51. The molecule has 0 fully saturated rings. The average molecular weight is 849 g/mol. The summed E-state index contributed by atoms with van der Waals surface area (Å²) in [5, 5.41) is 0. The molecule has 24 heteroatoms. The fourth-order valence-corrected chi connectivity index (χ4v) is 12.8. The van der Waals surface area contributed by atoms with Gasteiger partial charge in [-0.25, -0.2) is 8.78 Å². The average Bonchev–Trinajstić information content (AvgIpc) is 2.93. The van der Waals surface area contributed by atoms with Crippen LogP contribution >= 0.6 is 0 Å². The summed E-state index contributed by atoms with van der Waals surface area (Å²) < 4.78 is 231. The van der Waals surface area contributed by atoms with Crippen LogP contribution in [0.25, 0.3) is 0 Å². The van der Waals surface area contributed by atoms with Crippen molar-refractivity contribution in [1.29, 1.82) is 0 Å². The van der Waals surface area contributed by atoms with E-state index < -0.39 is 107 Å². The van der Waals surface area contributed by atoms with E-state index in [1.165, 1.54) is 6.92 Å². The highest BCUT2D eigenvalue weighted by atomic mass is 28.4. The molecule has 310 valence electrons. The van der Waals surface area contributed by atoms with Crippen LogP contribution in [0.1, 0.15) is 45.4 Å². The van der Waals surface area contributed by atoms with Gasteiger partial charge in [-0.15, -0.1) is 0 Å². The number of carbonyl (C=O) groups is 1. The van der Waals surface area contributed by atoms with Gasteiger partial charge in [0.1, 0.15) is 5.91 Å². The van der Waals surface area contributed by atoms with E-state index in [0.717, 1.165) is 0 Å². The van der Waals surface area contributed by atoms with Crippen molar-refractivity contribution in [1.82, 2.24) is 0 Å². The number of rotatable bonds is 26. The summed E-state index contributed by atoms with van der Waals surface area (Å²) >= 11 is 0. The smallest absolute Gasteiger partial charge is 0.397 e. The molecule has 0 saturated carbocycles. The Balaban J connectivity index is 5.46. The van der Waals surface area contributed by atoms with E-state index in [-0.39, 0.29) is 37.1 Å². The summed E-state index contributed by atoms with van der Waals surface area (Å²) in [6.07, 6.45) is -36.6. The molecular formula is C28H44F16O5Si3. The minimum Gasteiger partial charge on any atom is -0.397 e. The summed E-state index contributed by atoms with van der Waals surface area (Å²) in [6.45, 7) is 9.06. The van der Waals surface area contributed by atoms with Crippen LogP contribution in [0.15, 0.2) is 12.2 Å². The van der Waals surface area contributed by atoms with E-state index in [0.29, 0.717) is 18.0 Å². The second-order valence-corrected chi connectivity index (χ2v) is 23.9. The second-order valence-electron chi connectivity index (χ2n) is 13.4. The number of hydrogen-bond acceptors (Lipinski definition) is 5. The number of hydrogen-bond donors (Lipinski definition) is 0. The fraction of sp³-hybridized carbons (Fsp3) is 0.893. The van der Waals surface area contributed by atoms with Gasteiger partial charge in [-0.3, -0.25) is 4.79 Å². The Kier molecular flexibility index (Phi) is 19.1. The van der Waals surface area contributed by atoms with Crippen molar-refractivity contribution in [3.05, 3.63) is 12.2 Å². The number of ketones is 1. The monoisotopic (exact) mass is 848 g/mol. The van der Waals surface area contributed by atoms with Crippen molar-refractivity contribution in [3.8, 4) is 0 Å². The first-order valence-electron chi connectivity index (χ1n) is 15.8. The lowest BCUT2D eigenvalue weighted by atomic mass is 10.1. The second kappa shape index (κ2) is 19.6. The zero-order valence-electron chi connectivity index (χ0n) is 29.0. The molecule has 0 N–H and O–H groups in total. The van der Waals surface area contributed by atoms with Crippen molar-refractivity contribution in [2.24, 2.45) is 0 Å². The lowest BCUT2D eigenvalue weighted by Gasteiger charge is -2.35. The Morgan fingerprint density at radius 1 is 0.654 bits per heavy atom. The van der Waals surface area contributed by atoms with Gasteiger partial charge >= 0.3 is 36.4 Å². The van der Waals surface area contributed by atoms with Crippen molar-refractivity contribution in [2.75, 3.05) is 13.2 Å². The van der Waals surface area contributed by atoms with Gasteiger partial charge in [-0.05, 0) is 70.0 Å². The minimum absolute atomic E-state index is 0.0678. The van der Waals surface area contributed by atoms with Gasteiger partial charge in [-0.1, -0.05) is 12.6 Å². The minimum atomic E-state index is -5.80. The summed E-state index contributed by atoms with van der Waals surface area (Å²) in [6, 6.07) is 0.307. The zero-order chi connectivity index (χ0) is 41.2. The van der Waals surface area contributed by atoms with Gasteiger partial charge in [0.2, 0.25) is 0 Å². The third-order valence-electron chi connectivity index (χ3n) is 7.27. The Labute approximate surface area is 295 Å². The molecule has 5 nitrogen and oxygen atoms in total. The van der Waals surface area contributed by atoms with Crippen LogP contribution in [0, 0.1) is 0 Å². The molecule has 2 unspecified atom stereocenters. The van der Waals surface area contributed by atoms with Gasteiger partial charge in [-0.2, -0.15) is 61.5 Å². The summed E-state index contributed by atoms with van der Waals surface area (Å²) in [5.41, 5.74) is 0.314. The predicted octanol–water partition coefficient (Wildman–Crippen LogP) is 10.1. The first-order chi connectivity index (χ1) is 23.1. The molecule has 0 radical (unpaired) electrons. The van der Waals surface area contributed by atoms with Gasteiger partial charge in [0.05, 0.1) is 35.6 Å². The van der Waals surface area contributed by atoms with Crippen LogP contribution in [0.4, 0.5) is 70.2 Å². The molecule has 0 aliphatic heterocycles. The Bertz CT molecular complexity index is 1050. The van der Waals surface area contributed by atoms with Crippen LogP contribution < -0.4 is 0 Å². The molecule has 0 aromatic heterocycles. The van der Waals surface area contributed by atoms with E-state index in [4.69, 9.17) is 8.85 Å². The normalized spacial score (nSPS) is 16.4. The van der Waals surface area contributed by atoms with Crippen molar-refractivity contribution < 1.29 is 93.4 Å². The van der Waals surface area contributed by atoms with E-state index in [1.807, 2.05) is 0 Å². The van der Waals surface area contributed by atoms with E-state index in [9.17, 15) is 75.0 Å². The molecule has 0 aromatic rings. The molecule has 0 aliphatic rings. The SMILES string of the molecule is C=C(C)C(=O)CCC[SiH2]C(O[Si](C)(C)CCCOC(F)(F)C(F)(F)C(F)CC(F)(F)F)O[Si](C)(C)CCCOC(F)(F)C(F)(F)C(F)CC(F)(F)F. The Hall–Kier alpha value is -1.22. The van der Waals surface area contributed by atoms with Crippen molar-refractivity contribution in [3.63, 3.8) is 0 Å². The molecule has 0 aliphatic carbocycles. The van der Waals surface area contributed by atoms with Crippen LogP contribution in [0.2, 0.25) is 44.3 Å². The van der Waals surface area contributed by atoms with Crippen molar-refractivity contribution >= 4 is 31.9 Å². The highest BCUT2D eigenvalue weighted by Crippen LogP contribution is 2.44. The van der Waals surface area contributed by atoms with E-state index in [1.54, 1.807) is 26.2 Å². The maximum atomic E-state index is 13.9. The molecule has 52 heavy (non-hydrogen) atoms. The quantitative estimate of drug-likeness (QED) is 0.0285. The van der Waals surface area contributed by atoms with Crippen LogP contribution in [-0.2, 0) is 23.1 Å². The molecule has 0 amide bonds. The standard InChI is InChI=1S/C28H44F16O5Si3/c1-18(2)19(45)10-7-13-50-22(48-51(3,4)14-8-11-46-27(41,42)25(37,38)20(29)16-23(31,32)33)49-52(5,6)15-9-12-47-28(43,44)26(39,40)21(30)17-24(34,35)36/h20-22H,1,7-17,50H2,2-6H3. The lowest BCUT2D eigenvalue weighted by molar-refractivity contribution is -0.366. The summed E-state index contributed by atoms with van der Waals surface area (Å²) in [7, 11) is -7.38. The largest absolute Gasteiger partial charge is 0.422 e. The van der Waals surface area contributed by atoms with Gasteiger partial charge in [0.15, 0.2) is 34.8 Å². The first-order valence-corrected chi connectivity index (χ1v) is 23.9. The van der Waals surface area contributed by atoms with Crippen LogP contribution in [0.5, 0.6) is 0 Å². The molecular weight excluding hydrogens is 805 g/mol. The third kappa shape index (κ3) is 18.4. The van der Waals surface area contributed by atoms with E-state index in [2.05, 4.69) is 16.1 Å². The molecule has 2 atom stereocenters. The Morgan fingerprint density at radius 3 is 1.31 bits per heavy atom. The number of allylic oxidation sites excluding steroid dienone is 1. The number of halogens is 16. The highest BCUT2D eigenvalue weighted by Gasteiger charge is 2.66. The molecule has 0 rings (SSSR count). The number of alkyl halides is 16. The maximum Gasteiger partial charge on any atom is 0.422 e. The number of Topliss-reactive ketones (excluding diaryl/α,β-unsaturated/α-hetero) is 1. The predicted molar refractivity (Wildman–Crippen MR) is 165 cm³/mol. The molecule has 0 bridgehead atoms. The fourth-order valence-electron chi connectivity index (χ4n) is 4.40. The highest BCUT2D eigenvalue weighted by molar-refractivity contribution is 6.73. The maximum absolute atomic E-state index is 13.9. The topological polar surface area (TPSA) is 54.0 Å². The Morgan fingerprint density at radius 2 is 1.00 bits per heavy atom. The van der Waals surface area contributed by atoms with Crippen molar-refractivity contribution in [2.45, 2.75) is 144 Å². The van der Waals surface area contributed by atoms with Gasteiger partial charge in [0.25, 0.3) is 0 Å².